The van der Waals surface area contributed by atoms with Crippen LogP contribution in [0.1, 0.15) is 81.5 Å². The van der Waals surface area contributed by atoms with Gasteiger partial charge in [0.25, 0.3) is 12.5 Å². The lowest BCUT2D eigenvalue weighted by molar-refractivity contribution is -0.141. The molecule has 0 N–H and O–H groups in total. The number of aryl methyl sites for hydroxylation is 2. The van der Waals surface area contributed by atoms with Gasteiger partial charge in [-0.25, -0.2) is 0 Å². The number of nitrogens with zero attached hydrogens (tertiary/aromatic N) is 2. The predicted molar refractivity (Wildman–Crippen MR) is 131 cm³/mol. The van der Waals surface area contributed by atoms with E-state index in [1.807, 2.05) is 38.5 Å². The van der Waals surface area contributed by atoms with E-state index in [-0.39, 0.29) is 21.7 Å². The molecule has 2 aromatic carbocycles. The minimum absolute atomic E-state index is 0.123. The molecule has 0 aliphatic heterocycles. The van der Waals surface area contributed by atoms with Crippen LogP contribution in [-0.2, 0) is 10.8 Å². The Bertz CT molecular complexity index is 1140. The fourth-order valence-electron chi connectivity index (χ4n) is 8.20. The van der Waals surface area contributed by atoms with E-state index in [2.05, 4.69) is 45.0 Å². The van der Waals surface area contributed by atoms with Gasteiger partial charge in [-0.05, 0) is 114 Å². The maximum Gasteiger partial charge on any atom is 0.292 e. The van der Waals surface area contributed by atoms with Crippen LogP contribution >= 0.6 is 0 Å². The van der Waals surface area contributed by atoms with Crippen LogP contribution in [-0.4, -0.2) is 0 Å². The van der Waals surface area contributed by atoms with Crippen LogP contribution in [0.5, 0.6) is 11.5 Å². The maximum atomic E-state index is 9.00. The van der Waals surface area contributed by atoms with Crippen molar-refractivity contribution in [3.8, 4) is 24.0 Å². The minimum atomic E-state index is 0.123. The Hall–Kier alpha value is -2.98. The highest BCUT2D eigenvalue weighted by Crippen LogP contribution is 2.74. The first-order chi connectivity index (χ1) is 16.1. The summed E-state index contributed by atoms with van der Waals surface area (Å²) in [5.41, 5.74) is 5.59. The van der Waals surface area contributed by atoms with Crippen LogP contribution in [0.2, 0.25) is 0 Å². The zero-order valence-electron chi connectivity index (χ0n) is 21.0. The first kappa shape index (κ1) is 22.8. The van der Waals surface area contributed by atoms with Crippen molar-refractivity contribution in [2.45, 2.75) is 84.0 Å². The summed E-state index contributed by atoms with van der Waals surface area (Å²) in [7, 11) is 0. The number of ether oxygens (including phenoxy) is 2. The van der Waals surface area contributed by atoms with E-state index in [1.165, 1.54) is 43.2 Å². The lowest BCUT2D eigenvalue weighted by atomic mass is 9.34. The van der Waals surface area contributed by atoms with E-state index < -0.39 is 0 Å². The highest BCUT2D eigenvalue weighted by molar-refractivity contribution is 5.46. The monoisotopic (exact) mass is 454 g/mol. The van der Waals surface area contributed by atoms with Crippen molar-refractivity contribution in [2.75, 3.05) is 0 Å². The van der Waals surface area contributed by atoms with Gasteiger partial charge in [0.15, 0.2) is 0 Å². The third-order valence-electron chi connectivity index (χ3n) is 9.55. The van der Waals surface area contributed by atoms with Crippen LogP contribution in [0.3, 0.4) is 0 Å². The highest BCUT2D eigenvalue weighted by Gasteiger charge is 2.66. The molecule has 2 aromatic rings. The molecule has 0 spiro atoms. The normalized spacial score (nSPS) is 31.6. The minimum Gasteiger partial charge on any atom is -0.388 e. The van der Waals surface area contributed by atoms with Gasteiger partial charge in [-0.15, -0.1) is 10.5 Å². The summed E-state index contributed by atoms with van der Waals surface area (Å²) in [5.74, 6) is 2.00. The second-order valence-electron chi connectivity index (χ2n) is 12.4. The molecule has 0 amide bonds. The van der Waals surface area contributed by atoms with E-state index in [0.717, 1.165) is 17.5 Å². The average molecular weight is 455 g/mol. The quantitative estimate of drug-likeness (QED) is 0.457. The fraction of sp³-hybridized carbons (Fsp3) is 0.533. The largest absolute Gasteiger partial charge is 0.388 e. The third kappa shape index (κ3) is 3.31. The van der Waals surface area contributed by atoms with E-state index in [1.54, 1.807) is 0 Å². The number of rotatable bonds is 4. The van der Waals surface area contributed by atoms with Crippen LogP contribution < -0.4 is 9.47 Å². The van der Waals surface area contributed by atoms with Crippen LogP contribution in [0.25, 0.3) is 0 Å². The highest BCUT2D eigenvalue weighted by atomic mass is 16.5. The van der Waals surface area contributed by atoms with Gasteiger partial charge < -0.3 is 9.47 Å². The summed E-state index contributed by atoms with van der Waals surface area (Å²) >= 11 is 0. The van der Waals surface area contributed by atoms with Crippen LogP contribution in [0.4, 0.5) is 0 Å². The Morgan fingerprint density at radius 3 is 1.62 bits per heavy atom. The van der Waals surface area contributed by atoms with Gasteiger partial charge >= 0.3 is 0 Å². The number of hydrogen-bond donors (Lipinski definition) is 0. The van der Waals surface area contributed by atoms with Crippen LogP contribution in [0, 0.1) is 53.6 Å². The summed E-state index contributed by atoms with van der Waals surface area (Å²) in [6.07, 6.45) is 11.0. The van der Waals surface area contributed by atoms with Crippen molar-refractivity contribution in [3.05, 3.63) is 58.7 Å². The Kier molecular flexibility index (Phi) is 5.04. The smallest absolute Gasteiger partial charge is 0.292 e. The van der Waals surface area contributed by atoms with Gasteiger partial charge in [0.2, 0.25) is 0 Å². The Balaban J connectivity index is 1.65. The molecular formula is C30H34N2O2. The molecule has 4 saturated carbocycles. The van der Waals surface area contributed by atoms with Gasteiger partial charge in [-0.3, -0.25) is 0 Å². The molecule has 176 valence electrons. The van der Waals surface area contributed by atoms with Gasteiger partial charge in [0, 0.05) is 0 Å². The molecule has 0 heterocycles. The van der Waals surface area contributed by atoms with Crippen molar-refractivity contribution in [1.29, 1.82) is 10.5 Å². The summed E-state index contributed by atoms with van der Waals surface area (Å²) < 4.78 is 10.4. The number of hydrogen-bond acceptors (Lipinski definition) is 4. The van der Waals surface area contributed by atoms with Crippen molar-refractivity contribution in [1.82, 2.24) is 0 Å². The predicted octanol–water partition coefficient (Wildman–Crippen LogP) is 7.23. The Morgan fingerprint density at radius 1 is 0.765 bits per heavy atom. The second kappa shape index (κ2) is 7.51. The number of benzene rings is 2. The second-order valence-corrected chi connectivity index (χ2v) is 12.4. The number of nitriles is 2. The Labute approximate surface area is 203 Å². The molecule has 4 nitrogen and oxygen atoms in total. The molecule has 0 aromatic heterocycles. The molecule has 4 aliphatic carbocycles. The van der Waals surface area contributed by atoms with E-state index in [4.69, 9.17) is 20.0 Å². The fourth-order valence-corrected chi connectivity index (χ4v) is 8.20. The van der Waals surface area contributed by atoms with Crippen molar-refractivity contribution in [2.24, 2.45) is 16.7 Å². The summed E-state index contributed by atoms with van der Waals surface area (Å²) in [6.45, 7) is 11.4. The molecule has 2 unspecified atom stereocenters. The molecule has 0 radical (unpaired) electrons. The summed E-state index contributed by atoms with van der Waals surface area (Å²) in [6, 6.07) is 13.0. The summed E-state index contributed by atoms with van der Waals surface area (Å²) in [5, 5.41) is 18.0. The molecule has 2 atom stereocenters. The van der Waals surface area contributed by atoms with E-state index in [9.17, 15) is 0 Å². The van der Waals surface area contributed by atoms with Gasteiger partial charge in [0.05, 0.1) is 0 Å². The molecule has 4 bridgehead atoms. The first-order valence-corrected chi connectivity index (χ1v) is 12.4. The average Bonchev–Trinajstić information content (AvgIpc) is 2.75. The molecule has 34 heavy (non-hydrogen) atoms. The third-order valence-corrected chi connectivity index (χ3v) is 9.55. The van der Waals surface area contributed by atoms with Crippen molar-refractivity contribution in [3.63, 3.8) is 0 Å². The van der Waals surface area contributed by atoms with E-state index >= 15 is 0 Å². The summed E-state index contributed by atoms with van der Waals surface area (Å²) in [4.78, 5) is 0. The SMILES string of the molecule is Cc1cc(C23CC4CC(c5ccc(OC#N)c(C)c5)(C2)CC(C(C)(C)C)(C4)C3)ccc1OC#N. The Morgan fingerprint density at radius 2 is 1.24 bits per heavy atom. The first-order valence-electron chi connectivity index (χ1n) is 12.4. The standard InChI is InChI=1S/C30H34N2O2/c1-20-10-23(6-8-25(20)33-18-31)28-12-22-13-29(15-28,17-30(14-22,16-28)27(3,4)5)24-7-9-26(34-19-32)21(2)11-24/h6-11,22H,12-17H2,1-5H3. The molecule has 4 fully saturated rings. The van der Waals surface area contributed by atoms with Gasteiger partial charge in [-0.2, -0.15) is 0 Å². The molecular weight excluding hydrogens is 420 g/mol. The molecule has 4 aliphatic rings. The van der Waals surface area contributed by atoms with Crippen LogP contribution in [0.15, 0.2) is 36.4 Å². The maximum absolute atomic E-state index is 9.00. The lowest BCUT2D eigenvalue weighted by Gasteiger charge is -2.70. The molecule has 0 saturated heterocycles. The van der Waals surface area contributed by atoms with Gasteiger partial charge in [-0.1, -0.05) is 45.0 Å². The van der Waals surface area contributed by atoms with Crippen molar-refractivity contribution < 1.29 is 9.47 Å². The molecule has 6 rings (SSSR count). The zero-order chi connectivity index (χ0) is 24.4. The van der Waals surface area contributed by atoms with Gasteiger partial charge in [0.1, 0.15) is 11.5 Å². The lowest BCUT2D eigenvalue weighted by Crippen LogP contribution is -2.63. The zero-order valence-corrected chi connectivity index (χ0v) is 21.0. The topological polar surface area (TPSA) is 66.0 Å². The van der Waals surface area contributed by atoms with E-state index in [0.29, 0.717) is 17.4 Å². The molecule has 4 heteroatoms. The van der Waals surface area contributed by atoms with Crippen molar-refractivity contribution >= 4 is 0 Å².